The van der Waals surface area contributed by atoms with Crippen LogP contribution in [0.1, 0.15) is 23.5 Å². The van der Waals surface area contributed by atoms with Crippen molar-refractivity contribution in [1.82, 2.24) is 9.78 Å². The monoisotopic (exact) mass is 319 g/mol. The van der Waals surface area contributed by atoms with Gasteiger partial charge in [0, 0.05) is 24.9 Å². The number of para-hydroxylation sites is 1. The number of rotatable bonds is 3. The van der Waals surface area contributed by atoms with Crippen molar-refractivity contribution in [2.24, 2.45) is 7.05 Å². The van der Waals surface area contributed by atoms with Crippen LogP contribution >= 0.6 is 0 Å². The molecule has 1 aromatic heterocycles. The summed E-state index contributed by atoms with van der Waals surface area (Å²) in [6, 6.07) is 17.6. The van der Waals surface area contributed by atoms with Gasteiger partial charge in [-0.15, -0.1) is 0 Å². The highest BCUT2D eigenvalue weighted by molar-refractivity contribution is 5.94. The summed E-state index contributed by atoms with van der Waals surface area (Å²) < 4.78 is 7.61. The zero-order valence-electron chi connectivity index (χ0n) is 13.3. The summed E-state index contributed by atoms with van der Waals surface area (Å²) >= 11 is 0. The van der Waals surface area contributed by atoms with E-state index in [9.17, 15) is 4.79 Å². The van der Waals surface area contributed by atoms with E-state index in [2.05, 4.69) is 10.4 Å². The largest absolute Gasteiger partial charge is 0.457 e. The number of hydrogen-bond acceptors (Lipinski definition) is 3. The van der Waals surface area contributed by atoms with Crippen molar-refractivity contribution >= 4 is 11.7 Å². The molecule has 0 saturated heterocycles. The molecule has 0 bridgehead atoms. The first kappa shape index (κ1) is 14.5. The lowest BCUT2D eigenvalue weighted by Gasteiger charge is -2.23. The van der Waals surface area contributed by atoms with Gasteiger partial charge in [0.2, 0.25) is 5.91 Å². The van der Waals surface area contributed by atoms with E-state index in [1.807, 2.05) is 67.8 Å². The first-order valence-electron chi connectivity index (χ1n) is 7.85. The molecule has 1 amide bonds. The van der Waals surface area contributed by atoms with Crippen LogP contribution in [0, 0.1) is 0 Å². The molecule has 1 aliphatic heterocycles. The predicted octanol–water partition coefficient (Wildman–Crippen LogP) is 3.69. The Kier molecular flexibility index (Phi) is 3.54. The maximum Gasteiger partial charge on any atom is 0.226 e. The Morgan fingerprint density at radius 1 is 1.12 bits per heavy atom. The Bertz CT molecular complexity index is 887. The lowest BCUT2D eigenvalue weighted by atomic mass is 9.87. The predicted molar refractivity (Wildman–Crippen MR) is 91.3 cm³/mol. The van der Waals surface area contributed by atoms with E-state index in [4.69, 9.17) is 4.74 Å². The van der Waals surface area contributed by atoms with Crippen LogP contribution in [-0.2, 0) is 11.8 Å². The third kappa shape index (κ3) is 2.65. The number of aromatic nitrogens is 2. The number of carbonyl (C=O) groups is 1. The minimum atomic E-state index is -0.0122. The van der Waals surface area contributed by atoms with Crippen molar-refractivity contribution < 1.29 is 9.53 Å². The average molecular weight is 319 g/mol. The summed E-state index contributed by atoms with van der Waals surface area (Å²) in [6.07, 6.45) is 2.23. The van der Waals surface area contributed by atoms with Crippen molar-refractivity contribution in [3.63, 3.8) is 0 Å². The highest BCUT2D eigenvalue weighted by Crippen LogP contribution is 2.38. The van der Waals surface area contributed by atoms with Crippen molar-refractivity contribution in [3.8, 4) is 11.5 Å². The molecule has 1 unspecified atom stereocenters. The van der Waals surface area contributed by atoms with E-state index in [-0.39, 0.29) is 11.8 Å². The van der Waals surface area contributed by atoms with Crippen molar-refractivity contribution in [2.75, 3.05) is 5.32 Å². The minimum Gasteiger partial charge on any atom is -0.457 e. The zero-order chi connectivity index (χ0) is 16.5. The number of ether oxygens (including phenoxy) is 1. The first-order chi connectivity index (χ1) is 11.7. The van der Waals surface area contributed by atoms with E-state index in [0.717, 1.165) is 28.4 Å². The number of nitrogens with one attached hydrogen (secondary N) is 1. The van der Waals surface area contributed by atoms with Gasteiger partial charge in [0.1, 0.15) is 17.3 Å². The van der Waals surface area contributed by atoms with Crippen LogP contribution in [0.25, 0.3) is 0 Å². The number of aryl methyl sites for hydroxylation is 1. The Morgan fingerprint density at radius 3 is 2.75 bits per heavy atom. The molecule has 1 atom stereocenters. The molecular formula is C19H17N3O2. The highest BCUT2D eigenvalue weighted by atomic mass is 16.5. The van der Waals surface area contributed by atoms with Crippen molar-refractivity contribution in [3.05, 3.63) is 71.9 Å². The van der Waals surface area contributed by atoms with Crippen LogP contribution in [-0.4, -0.2) is 15.7 Å². The van der Waals surface area contributed by atoms with Gasteiger partial charge in [-0.1, -0.05) is 30.3 Å². The number of amides is 1. The van der Waals surface area contributed by atoms with E-state index >= 15 is 0 Å². The van der Waals surface area contributed by atoms with Gasteiger partial charge in [-0.05, 0) is 29.8 Å². The molecule has 5 heteroatoms. The molecule has 0 spiro atoms. The third-order valence-corrected chi connectivity index (χ3v) is 4.23. The SMILES string of the molecule is Cn1ncc2c1NC(=O)CC2c1cccc(Oc2ccccc2)c1. The molecule has 5 nitrogen and oxygen atoms in total. The second kappa shape index (κ2) is 5.85. The summed E-state index contributed by atoms with van der Waals surface area (Å²) in [5.41, 5.74) is 2.08. The van der Waals surface area contributed by atoms with Gasteiger partial charge < -0.3 is 10.1 Å². The zero-order valence-corrected chi connectivity index (χ0v) is 13.3. The molecule has 24 heavy (non-hydrogen) atoms. The molecule has 0 radical (unpaired) electrons. The fraction of sp³-hybridized carbons (Fsp3) is 0.158. The Morgan fingerprint density at radius 2 is 1.92 bits per heavy atom. The molecule has 3 aromatic rings. The summed E-state index contributed by atoms with van der Waals surface area (Å²) in [6.45, 7) is 0. The molecule has 2 aromatic carbocycles. The molecule has 4 rings (SSSR count). The average Bonchev–Trinajstić information content (AvgIpc) is 2.96. The van der Waals surface area contributed by atoms with Crippen LogP contribution in [0.5, 0.6) is 11.5 Å². The lowest BCUT2D eigenvalue weighted by Crippen LogP contribution is -2.24. The van der Waals surface area contributed by atoms with Crippen LogP contribution in [0.2, 0.25) is 0 Å². The maximum absolute atomic E-state index is 12.1. The quantitative estimate of drug-likeness (QED) is 0.801. The Balaban J connectivity index is 1.68. The molecule has 0 fully saturated rings. The van der Waals surface area contributed by atoms with Gasteiger partial charge in [0.25, 0.3) is 0 Å². The number of hydrogen-bond donors (Lipinski definition) is 1. The summed E-state index contributed by atoms with van der Waals surface area (Å²) in [5.74, 6) is 2.31. The van der Waals surface area contributed by atoms with Gasteiger partial charge in [0.15, 0.2) is 0 Å². The first-order valence-corrected chi connectivity index (χ1v) is 7.85. The van der Waals surface area contributed by atoms with Crippen molar-refractivity contribution in [2.45, 2.75) is 12.3 Å². The Labute approximate surface area is 139 Å². The van der Waals surface area contributed by atoms with Crippen LogP contribution in [0.3, 0.4) is 0 Å². The topological polar surface area (TPSA) is 56.2 Å². The van der Waals surface area contributed by atoms with E-state index in [0.29, 0.717) is 6.42 Å². The number of anilines is 1. The number of fused-ring (bicyclic) bond motifs is 1. The summed E-state index contributed by atoms with van der Waals surface area (Å²) in [5, 5.41) is 7.16. The highest BCUT2D eigenvalue weighted by Gasteiger charge is 2.29. The van der Waals surface area contributed by atoms with Gasteiger partial charge in [-0.25, -0.2) is 0 Å². The normalized spacial score (nSPS) is 16.4. The molecule has 0 aliphatic carbocycles. The molecule has 120 valence electrons. The van der Waals surface area contributed by atoms with E-state index in [1.54, 1.807) is 4.68 Å². The minimum absolute atomic E-state index is 0.00507. The summed E-state index contributed by atoms with van der Waals surface area (Å²) in [7, 11) is 1.83. The summed E-state index contributed by atoms with van der Waals surface area (Å²) in [4.78, 5) is 12.1. The number of benzene rings is 2. The number of carbonyl (C=O) groups excluding carboxylic acids is 1. The molecule has 0 saturated carbocycles. The van der Waals surface area contributed by atoms with E-state index < -0.39 is 0 Å². The standard InChI is InChI=1S/C19H17N3O2/c1-22-19-17(12-20-22)16(11-18(23)21-19)13-6-5-9-15(10-13)24-14-7-3-2-4-8-14/h2-10,12,16H,11H2,1H3,(H,21,23). The van der Waals surface area contributed by atoms with Crippen molar-refractivity contribution in [1.29, 1.82) is 0 Å². The molecular weight excluding hydrogens is 302 g/mol. The lowest BCUT2D eigenvalue weighted by molar-refractivity contribution is -0.116. The molecule has 2 heterocycles. The number of nitrogens with zero attached hydrogens (tertiary/aromatic N) is 2. The smallest absolute Gasteiger partial charge is 0.226 e. The second-order valence-electron chi connectivity index (χ2n) is 5.86. The molecule has 1 aliphatic rings. The maximum atomic E-state index is 12.1. The van der Waals surface area contributed by atoms with E-state index in [1.165, 1.54) is 0 Å². The van der Waals surface area contributed by atoms with Gasteiger partial charge in [-0.2, -0.15) is 5.10 Å². The van der Waals surface area contributed by atoms with Crippen LogP contribution in [0.15, 0.2) is 60.8 Å². The third-order valence-electron chi connectivity index (χ3n) is 4.23. The fourth-order valence-corrected chi connectivity index (χ4v) is 3.06. The van der Waals surface area contributed by atoms with Crippen LogP contribution in [0.4, 0.5) is 5.82 Å². The molecule has 1 N–H and O–H groups in total. The van der Waals surface area contributed by atoms with Gasteiger partial charge in [0.05, 0.1) is 6.20 Å². The van der Waals surface area contributed by atoms with Crippen LogP contribution < -0.4 is 10.1 Å². The van der Waals surface area contributed by atoms with Gasteiger partial charge >= 0.3 is 0 Å². The fourth-order valence-electron chi connectivity index (χ4n) is 3.06. The second-order valence-corrected chi connectivity index (χ2v) is 5.86. The van der Waals surface area contributed by atoms with Gasteiger partial charge in [-0.3, -0.25) is 9.48 Å². The Hall–Kier alpha value is -3.08.